The smallest absolute Gasteiger partial charge is 0.210 e. The van der Waals surface area contributed by atoms with Gasteiger partial charge in [-0.25, -0.2) is 9.66 Å². The molecule has 0 atom stereocenters. The number of hydrogen-bond donors (Lipinski definition) is 1. The van der Waals surface area contributed by atoms with Crippen LogP contribution >= 0.6 is 34.7 Å². The minimum atomic E-state index is 0.446. The molecule has 2 heterocycles. The molecule has 0 saturated heterocycles. The predicted octanol–water partition coefficient (Wildman–Crippen LogP) is 5.11. The molecule has 1 aliphatic carbocycles. The molecule has 0 amide bonds. The Morgan fingerprint density at radius 2 is 2.00 bits per heavy atom. The molecule has 1 aliphatic rings. The number of nitrogen functional groups attached to an aromatic ring is 1. The number of nitrogens with two attached hydrogens (primary N) is 1. The van der Waals surface area contributed by atoms with Crippen molar-refractivity contribution in [3.05, 3.63) is 46.2 Å². The van der Waals surface area contributed by atoms with Crippen LogP contribution in [-0.4, -0.2) is 19.9 Å². The highest BCUT2D eigenvalue weighted by Crippen LogP contribution is 2.34. The van der Waals surface area contributed by atoms with Gasteiger partial charge in [0.2, 0.25) is 5.16 Å². The lowest BCUT2D eigenvalue weighted by molar-refractivity contribution is 0.421. The Balaban J connectivity index is 1.43. The van der Waals surface area contributed by atoms with Crippen molar-refractivity contribution < 1.29 is 0 Å². The molecule has 2 N–H and O–H groups in total. The fraction of sp³-hybridized carbons (Fsp3) is 0.389. The van der Waals surface area contributed by atoms with Crippen LogP contribution in [-0.2, 0) is 5.75 Å². The van der Waals surface area contributed by atoms with Gasteiger partial charge in [0.05, 0.1) is 10.7 Å². The van der Waals surface area contributed by atoms with Crippen LogP contribution in [0.15, 0.2) is 34.8 Å². The molecule has 1 fully saturated rings. The van der Waals surface area contributed by atoms with Gasteiger partial charge in [0.25, 0.3) is 0 Å². The van der Waals surface area contributed by atoms with Gasteiger partial charge in [0, 0.05) is 22.6 Å². The molecule has 0 unspecified atom stereocenters. The lowest BCUT2D eigenvalue weighted by atomic mass is 9.89. The zero-order valence-electron chi connectivity index (χ0n) is 14.3. The molecule has 1 aromatic carbocycles. The maximum absolute atomic E-state index is 6.26. The van der Waals surface area contributed by atoms with E-state index < -0.39 is 0 Å². The third kappa shape index (κ3) is 3.75. The van der Waals surface area contributed by atoms with Crippen LogP contribution in [0.25, 0.3) is 10.6 Å². The minimum absolute atomic E-state index is 0.446. The summed E-state index contributed by atoms with van der Waals surface area (Å²) >= 11 is 9.44. The van der Waals surface area contributed by atoms with E-state index in [9.17, 15) is 0 Å². The number of hydrogen-bond acceptors (Lipinski definition) is 6. The SMILES string of the molecule is Nn1c(SCc2csc(-c3ccccc3Cl)n2)nnc1C1CCCCC1. The van der Waals surface area contributed by atoms with Gasteiger partial charge in [-0.1, -0.05) is 60.8 Å². The van der Waals surface area contributed by atoms with Crippen LogP contribution in [0.3, 0.4) is 0 Å². The van der Waals surface area contributed by atoms with E-state index in [1.54, 1.807) is 27.8 Å². The summed E-state index contributed by atoms with van der Waals surface area (Å²) in [4.78, 5) is 4.70. The first-order valence-electron chi connectivity index (χ1n) is 8.75. The van der Waals surface area contributed by atoms with Crippen LogP contribution in [0.5, 0.6) is 0 Å². The fourth-order valence-corrected chi connectivity index (χ4v) is 5.30. The summed E-state index contributed by atoms with van der Waals surface area (Å²) in [7, 11) is 0. The van der Waals surface area contributed by atoms with Crippen molar-refractivity contribution in [2.24, 2.45) is 0 Å². The van der Waals surface area contributed by atoms with Gasteiger partial charge in [-0.15, -0.1) is 21.5 Å². The van der Waals surface area contributed by atoms with Crippen molar-refractivity contribution >= 4 is 34.7 Å². The second-order valence-corrected chi connectivity index (χ2v) is 8.67. The first-order valence-corrected chi connectivity index (χ1v) is 11.0. The standard InChI is InChI=1S/C18H20ClN5S2/c19-15-9-5-4-8-14(15)17-21-13(10-25-17)11-26-18-23-22-16(24(18)20)12-6-2-1-3-7-12/h4-5,8-10,12H,1-3,6-7,11,20H2. The number of benzene rings is 1. The van der Waals surface area contributed by atoms with E-state index in [1.807, 2.05) is 24.3 Å². The Hall–Kier alpha value is -1.57. The lowest BCUT2D eigenvalue weighted by Gasteiger charge is -2.20. The van der Waals surface area contributed by atoms with Gasteiger partial charge in [0.1, 0.15) is 5.01 Å². The molecule has 0 aliphatic heterocycles. The zero-order chi connectivity index (χ0) is 17.9. The molecule has 0 radical (unpaired) electrons. The Morgan fingerprint density at radius 3 is 2.81 bits per heavy atom. The molecule has 0 bridgehead atoms. The first-order chi connectivity index (χ1) is 12.7. The van der Waals surface area contributed by atoms with Crippen LogP contribution in [0, 0.1) is 0 Å². The Morgan fingerprint density at radius 1 is 1.19 bits per heavy atom. The van der Waals surface area contributed by atoms with Gasteiger partial charge < -0.3 is 5.84 Å². The number of nitrogens with zero attached hydrogens (tertiary/aromatic N) is 4. The highest BCUT2D eigenvalue weighted by Gasteiger charge is 2.22. The monoisotopic (exact) mass is 405 g/mol. The minimum Gasteiger partial charge on any atom is -0.336 e. The third-order valence-electron chi connectivity index (χ3n) is 4.67. The van der Waals surface area contributed by atoms with Gasteiger partial charge in [0.15, 0.2) is 5.82 Å². The second-order valence-electron chi connectivity index (χ2n) is 6.46. The highest BCUT2D eigenvalue weighted by atomic mass is 35.5. The quantitative estimate of drug-likeness (QED) is 0.471. The Kier molecular flexibility index (Phi) is 5.47. The summed E-state index contributed by atoms with van der Waals surface area (Å²) in [6, 6.07) is 7.77. The molecule has 2 aromatic heterocycles. The van der Waals surface area contributed by atoms with E-state index in [0.29, 0.717) is 11.7 Å². The molecule has 8 heteroatoms. The summed E-state index contributed by atoms with van der Waals surface area (Å²) in [6.45, 7) is 0. The van der Waals surface area contributed by atoms with Crippen LogP contribution in [0.1, 0.15) is 49.5 Å². The van der Waals surface area contributed by atoms with Gasteiger partial charge in [-0.2, -0.15) is 0 Å². The average molecular weight is 406 g/mol. The van der Waals surface area contributed by atoms with Crippen molar-refractivity contribution in [2.75, 3.05) is 5.84 Å². The van der Waals surface area contributed by atoms with Crippen LogP contribution < -0.4 is 5.84 Å². The van der Waals surface area contributed by atoms with Crippen molar-refractivity contribution in [3.8, 4) is 10.6 Å². The Labute approximate surface area is 166 Å². The van der Waals surface area contributed by atoms with Crippen molar-refractivity contribution in [1.29, 1.82) is 0 Å². The molecule has 3 aromatic rings. The number of thiazole rings is 1. The summed E-state index contributed by atoms with van der Waals surface area (Å²) in [5, 5.41) is 13.1. The zero-order valence-corrected chi connectivity index (χ0v) is 16.7. The number of thioether (sulfide) groups is 1. The highest BCUT2D eigenvalue weighted by molar-refractivity contribution is 7.98. The van der Waals surface area contributed by atoms with E-state index in [2.05, 4.69) is 15.6 Å². The van der Waals surface area contributed by atoms with E-state index in [4.69, 9.17) is 22.4 Å². The molecular formula is C18H20ClN5S2. The molecule has 1 saturated carbocycles. The second kappa shape index (κ2) is 7.98. The maximum atomic E-state index is 6.26. The number of aromatic nitrogens is 4. The number of halogens is 1. The predicted molar refractivity (Wildman–Crippen MR) is 108 cm³/mol. The van der Waals surface area contributed by atoms with Crippen molar-refractivity contribution in [2.45, 2.75) is 48.9 Å². The molecule has 26 heavy (non-hydrogen) atoms. The molecule has 0 spiro atoms. The van der Waals surface area contributed by atoms with E-state index in [0.717, 1.165) is 45.1 Å². The summed E-state index contributed by atoms with van der Waals surface area (Å²) in [6.07, 6.45) is 6.14. The largest absolute Gasteiger partial charge is 0.336 e. The van der Waals surface area contributed by atoms with E-state index in [-0.39, 0.29) is 0 Å². The maximum Gasteiger partial charge on any atom is 0.210 e. The van der Waals surface area contributed by atoms with Gasteiger partial charge in [-0.05, 0) is 18.9 Å². The van der Waals surface area contributed by atoms with Gasteiger partial charge in [-0.3, -0.25) is 0 Å². The normalized spacial score (nSPS) is 15.4. The van der Waals surface area contributed by atoms with E-state index >= 15 is 0 Å². The van der Waals surface area contributed by atoms with Gasteiger partial charge >= 0.3 is 0 Å². The summed E-state index contributed by atoms with van der Waals surface area (Å²) in [5.41, 5.74) is 1.97. The van der Waals surface area contributed by atoms with Crippen molar-refractivity contribution in [3.63, 3.8) is 0 Å². The molecule has 4 rings (SSSR count). The topological polar surface area (TPSA) is 69.6 Å². The fourth-order valence-electron chi connectivity index (χ4n) is 3.30. The summed E-state index contributed by atoms with van der Waals surface area (Å²) in [5.74, 6) is 8.32. The summed E-state index contributed by atoms with van der Waals surface area (Å²) < 4.78 is 1.67. The third-order valence-corrected chi connectivity index (χ3v) is 6.90. The van der Waals surface area contributed by atoms with Crippen LogP contribution in [0.4, 0.5) is 0 Å². The first kappa shape index (κ1) is 17.8. The van der Waals surface area contributed by atoms with Crippen LogP contribution in [0.2, 0.25) is 5.02 Å². The molecular weight excluding hydrogens is 386 g/mol. The molecule has 5 nitrogen and oxygen atoms in total. The van der Waals surface area contributed by atoms with Crippen molar-refractivity contribution in [1.82, 2.24) is 19.9 Å². The number of rotatable bonds is 5. The van der Waals surface area contributed by atoms with E-state index in [1.165, 1.54) is 19.3 Å². The lowest BCUT2D eigenvalue weighted by Crippen LogP contribution is -2.18. The Bertz CT molecular complexity index is 885. The average Bonchev–Trinajstić information content (AvgIpc) is 3.28. The molecule has 136 valence electrons.